The molecule has 5 heteroatoms. The van der Waals surface area contributed by atoms with Gasteiger partial charge in [-0.3, -0.25) is 4.79 Å². The minimum absolute atomic E-state index is 0.0784. The predicted molar refractivity (Wildman–Crippen MR) is 142 cm³/mol. The standard InChI is InChI=1S/C29H26Cl2N2O/c1-4-33-22-8-6-5-7-17(22)26-23(33)12-11-20-28(26)25(16-9-10-18(30)19(31)13-16)27-21(32-20)14-29(2,3)15-24(27)34/h5-13,25,32H,4,14-15H2,1-3H3. The van der Waals surface area contributed by atoms with E-state index >= 15 is 0 Å². The van der Waals surface area contributed by atoms with Gasteiger partial charge in [0, 0.05) is 57.6 Å². The second kappa shape index (κ2) is 7.63. The summed E-state index contributed by atoms with van der Waals surface area (Å²) in [5.41, 5.74) is 7.41. The van der Waals surface area contributed by atoms with Crippen LogP contribution in [0.1, 0.15) is 50.7 Å². The maximum Gasteiger partial charge on any atom is 0.162 e. The van der Waals surface area contributed by atoms with E-state index in [1.165, 1.54) is 21.8 Å². The number of aromatic nitrogens is 1. The Labute approximate surface area is 209 Å². The molecule has 1 aromatic heterocycles. The van der Waals surface area contributed by atoms with Crippen LogP contribution in [0.25, 0.3) is 21.8 Å². The summed E-state index contributed by atoms with van der Waals surface area (Å²) in [6.45, 7) is 7.37. The number of carbonyl (C=O) groups is 1. The number of hydrogen-bond donors (Lipinski definition) is 1. The van der Waals surface area contributed by atoms with Crippen molar-refractivity contribution in [3.8, 4) is 0 Å². The highest BCUT2D eigenvalue weighted by Gasteiger charge is 2.41. The summed E-state index contributed by atoms with van der Waals surface area (Å²) in [4.78, 5) is 13.7. The third kappa shape index (κ3) is 3.14. The zero-order chi connectivity index (χ0) is 23.8. The molecule has 6 rings (SSSR count). The summed E-state index contributed by atoms with van der Waals surface area (Å²) in [6, 6.07) is 18.7. The summed E-state index contributed by atoms with van der Waals surface area (Å²) in [5, 5.41) is 7.11. The van der Waals surface area contributed by atoms with Crippen LogP contribution in [0.4, 0.5) is 5.69 Å². The number of carbonyl (C=O) groups excluding carboxylic acids is 1. The van der Waals surface area contributed by atoms with Gasteiger partial charge in [0.1, 0.15) is 0 Å². The van der Waals surface area contributed by atoms with Gasteiger partial charge in [-0.05, 0) is 60.2 Å². The van der Waals surface area contributed by atoms with Crippen LogP contribution < -0.4 is 5.32 Å². The van der Waals surface area contributed by atoms with E-state index in [9.17, 15) is 4.79 Å². The fourth-order valence-corrected chi connectivity index (χ4v) is 6.34. The molecule has 0 spiro atoms. The second-order valence-electron chi connectivity index (χ2n) is 10.2. The van der Waals surface area contributed by atoms with Crippen LogP contribution in [0.15, 0.2) is 65.9 Å². The lowest BCUT2D eigenvalue weighted by Crippen LogP contribution is -2.33. The van der Waals surface area contributed by atoms with Gasteiger partial charge < -0.3 is 9.88 Å². The number of rotatable bonds is 2. The zero-order valence-electron chi connectivity index (χ0n) is 19.5. The molecule has 0 saturated heterocycles. The van der Waals surface area contributed by atoms with Crippen LogP contribution in [0, 0.1) is 5.41 Å². The molecule has 1 atom stereocenters. The number of Topliss-reactive ketones (excluding diaryl/α,β-unsaturated/α-hetero) is 1. The molecule has 0 fully saturated rings. The molecule has 0 bridgehead atoms. The van der Waals surface area contributed by atoms with E-state index < -0.39 is 0 Å². The van der Waals surface area contributed by atoms with Crippen LogP contribution in [-0.2, 0) is 11.3 Å². The molecule has 34 heavy (non-hydrogen) atoms. The zero-order valence-corrected chi connectivity index (χ0v) is 21.0. The van der Waals surface area contributed by atoms with E-state index in [4.69, 9.17) is 23.2 Å². The number of anilines is 1. The number of nitrogens with zero attached hydrogens (tertiary/aromatic N) is 1. The lowest BCUT2D eigenvalue weighted by Gasteiger charge is -2.40. The van der Waals surface area contributed by atoms with Crippen LogP contribution in [0.2, 0.25) is 10.0 Å². The third-order valence-corrected chi connectivity index (χ3v) is 8.09. The quantitative estimate of drug-likeness (QED) is 0.307. The van der Waals surface area contributed by atoms with Gasteiger partial charge in [-0.25, -0.2) is 0 Å². The Balaban J connectivity index is 1.73. The molecule has 0 amide bonds. The van der Waals surface area contributed by atoms with E-state index in [1.807, 2.05) is 18.2 Å². The van der Waals surface area contributed by atoms with E-state index in [0.717, 1.165) is 41.1 Å². The summed E-state index contributed by atoms with van der Waals surface area (Å²) in [6.07, 6.45) is 1.37. The van der Waals surface area contributed by atoms with Crippen LogP contribution in [0.3, 0.4) is 0 Å². The molecule has 0 saturated carbocycles. The second-order valence-corrected chi connectivity index (χ2v) is 11.1. The maximum absolute atomic E-state index is 13.7. The van der Waals surface area contributed by atoms with Gasteiger partial charge in [0.15, 0.2) is 5.78 Å². The molecular formula is C29H26Cl2N2O. The Morgan fingerprint density at radius 1 is 1.00 bits per heavy atom. The Hall–Kier alpha value is -2.75. The maximum atomic E-state index is 13.7. The number of halogens is 2. The molecule has 3 aromatic carbocycles. The number of ketones is 1. The van der Waals surface area contributed by atoms with Crippen molar-refractivity contribution < 1.29 is 4.79 Å². The first-order chi connectivity index (χ1) is 16.3. The van der Waals surface area contributed by atoms with Crippen LogP contribution in [-0.4, -0.2) is 10.4 Å². The molecular weight excluding hydrogens is 463 g/mol. The average Bonchev–Trinajstić information content (AvgIpc) is 3.12. The van der Waals surface area contributed by atoms with Crippen molar-refractivity contribution in [3.05, 3.63) is 87.0 Å². The molecule has 2 aliphatic rings. The number of para-hydroxylation sites is 1. The fraction of sp³-hybridized carbons (Fsp3) is 0.276. The van der Waals surface area contributed by atoms with Gasteiger partial charge in [0.05, 0.1) is 10.0 Å². The Morgan fingerprint density at radius 3 is 2.56 bits per heavy atom. The van der Waals surface area contributed by atoms with Crippen molar-refractivity contribution in [2.24, 2.45) is 5.41 Å². The molecule has 1 aliphatic heterocycles. The number of benzene rings is 3. The van der Waals surface area contributed by atoms with Gasteiger partial charge in [-0.15, -0.1) is 0 Å². The fourth-order valence-electron chi connectivity index (χ4n) is 6.03. The van der Waals surface area contributed by atoms with Crippen molar-refractivity contribution in [2.45, 2.75) is 46.1 Å². The van der Waals surface area contributed by atoms with Gasteiger partial charge in [-0.2, -0.15) is 0 Å². The largest absolute Gasteiger partial charge is 0.358 e. The molecule has 1 aliphatic carbocycles. The van der Waals surface area contributed by atoms with Crippen molar-refractivity contribution in [2.75, 3.05) is 5.32 Å². The minimum Gasteiger partial charge on any atom is -0.358 e. The van der Waals surface area contributed by atoms with E-state index in [1.54, 1.807) is 0 Å². The first-order valence-electron chi connectivity index (χ1n) is 11.8. The number of nitrogens with one attached hydrogen (secondary N) is 1. The molecule has 4 aromatic rings. The van der Waals surface area contributed by atoms with E-state index in [0.29, 0.717) is 16.5 Å². The van der Waals surface area contributed by atoms with Crippen molar-refractivity contribution in [3.63, 3.8) is 0 Å². The minimum atomic E-state index is -0.204. The van der Waals surface area contributed by atoms with Crippen LogP contribution in [0.5, 0.6) is 0 Å². The van der Waals surface area contributed by atoms with Crippen molar-refractivity contribution >= 4 is 56.5 Å². The molecule has 1 N–H and O–H groups in total. The van der Waals surface area contributed by atoms with E-state index in [2.05, 4.69) is 67.1 Å². The van der Waals surface area contributed by atoms with Gasteiger partial charge >= 0.3 is 0 Å². The Kier molecular flexibility index (Phi) is 4.88. The molecule has 172 valence electrons. The monoisotopic (exact) mass is 488 g/mol. The van der Waals surface area contributed by atoms with Gasteiger partial charge in [0.2, 0.25) is 0 Å². The highest BCUT2D eigenvalue weighted by atomic mass is 35.5. The number of fused-ring (bicyclic) bond motifs is 5. The highest BCUT2D eigenvalue weighted by Crippen LogP contribution is 2.52. The number of allylic oxidation sites excluding steroid dienone is 2. The van der Waals surface area contributed by atoms with E-state index in [-0.39, 0.29) is 17.1 Å². The van der Waals surface area contributed by atoms with Gasteiger partial charge in [-0.1, -0.05) is 61.3 Å². The Bertz CT molecular complexity index is 1540. The predicted octanol–water partition coefficient (Wildman–Crippen LogP) is 8.32. The third-order valence-electron chi connectivity index (χ3n) is 7.35. The lowest BCUT2D eigenvalue weighted by atomic mass is 9.68. The summed E-state index contributed by atoms with van der Waals surface area (Å²) >= 11 is 12.8. The van der Waals surface area contributed by atoms with Crippen molar-refractivity contribution in [1.29, 1.82) is 0 Å². The molecule has 3 nitrogen and oxygen atoms in total. The SMILES string of the molecule is CCn1c2ccccc2c2c3c(ccc21)NC1=C(C(=O)CC(C)(C)C1)C3c1ccc(Cl)c(Cl)c1. The lowest BCUT2D eigenvalue weighted by molar-refractivity contribution is -0.118. The first-order valence-corrected chi connectivity index (χ1v) is 12.6. The molecule has 0 radical (unpaired) electrons. The average molecular weight is 489 g/mol. The van der Waals surface area contributed by atoms with Gasteiger partial charge in [0.25, 0.3) is 0 Å². The number of hydrogen-bond acceptors (Lipinski definition) is 2. The van der Waals surface area contributed by atoms with Crippen molar-refractivity contribution in [1.82, 2.24) is 4.57 Å². The smallest absolute Gasteiger partial charge is 0.162 e. The normalized spacial score (nSPS) is 19.3. The first kappa shape index (κ1) is 21.8. The summed E-state index contributed by atoms with van der Waals surface area (Å²) in [5.74, 6) is 0.00105. The molecule has 1 unspecified atom stereocenters. The summed E-state index contributed by atoms with van der Waals surface area (Å²) in [7, 11) is 0. The summed E-state index contributed by atoms with van der Waals surface area (Å²) < 4.78 is 2.35. The van der Waals surface area contributed by atoms with Crippen LogP contribution >= 0.6 is 23.2 Å². The molecule has 2 heterocycles. The Morgan fingerprint density at radius 2 is 1.79 bits per heavy atom. The highest BCUT2D eigenvalue weighted by molar-refractivity contribution is 6.42. The number of aryl methyl sites for hydroxylation is 1. The topological polar surface area (TPSA) is 34.0 Å².